The van der Waals surface area contributed by atoms with Crippen molar-refractivity contribution in [3.8, 4) is 57.1 Å². The molecule has 21 nitrogen and oxygen atoms in total. The van der Waals surface area contributed by atoms with E-state index < -0.39 is 0 Å². The lowest BCUT2D eigenvalue weighted by Gasteiger charge is -2.15. The van der Waals surface area contributed by atoms with Gasteiger partial charge in [-0.1, -0.05) is 78.0 Å². The van der Waals surface area contributed by atoms with E-state index in [1.165, 1.54) is 4.68 Å². The van der Waals surface area contributed by atoms with Gasteiger partial charge in [0.15, 0.2) is 23.3 Å². The number of fused-ring (bicyclic) bond motifs is 20. The standard InChI is InChI=1S/C52H53N11O10/c1-3-71-42(64)31-63-30-33(61-62-63)32-70-25-24-67-21-23-69-27-29-73-41-17-16-40(72-28-26-68-22-20-66-19-18-65-2)43-44(41)52-59-50-39-15-9-7-13-37(39)48(57-50)55-46-35-11-5-4-10-34(35)45(53-46)54-47-36-12-6-8-14-38(36)49(56-47)58-51(43)60-52/h4-17,30H,3,18-29,31-32H2,1-2H3,(H2,53,54,55,56,57,58,59,60). The van der Waals surface area contributed by atoms with Crippen molar-refractivity contribution in [2.45, 2.75) is 20.1 Å². The Morgan fingerprint density at radius 2 is 0.932 bits per heavy atom. The van der Waals surface area contributed by atoms with E-state index in [-0.39, 0.29) is 38.9 Å². The molecule has 376 valence electrons. The van der Waals surface area contributed by atoms with Crippen LogP contribution >= 0.6 is 0 Å². The summed E-state index contributed by atoms with van der Waals surface area (Å²) in [5.74, 6) is 2.38. The Morgan fingerprint density at radius 3 is 1.41 bits per heavy atom. The van der Waals surface area contributed by atoms with E-state index in [1.807, 2.05) is 84.9 Å². The highest BCUT2D eigenvalue weighted by Gasteiger charge is 2.29. The zero-order chi connectivity index (χ0) is 49.8. The maximum Gasteiger partial charge on any atom is 0.327 e. The van der Waals surface area contributed by atoms with Crippen LogP contribution in [-0.4, -0.2) is 154 Å². The van der Waals surface area contributed by atoms with Crippen LogP contribution in [-0.2, 0) is 51.1 Å². The van der Waals surface area contributed by atoms with E-state index in [4.69, 9.17) is 72.5 Å². The number of hydrogen-bond donors (Lipinski definition) is 2. The molecule has 2 N–H and O–H groups in total. The summed E-state index contributed by atoms with van der Waals surface area (Å²) in [6.45, 7) is 6.49. The lowest BCUT2D eigenvalue weighted by Crippen LogP contribution is -2.13. The summed E-state index contributed by atoms with van der Waals surface area (Å²) in [5.41, 5.74) is 5.73. The molecule has 10 rings (SSSR count). The van der Waals surface area contributed by atoms with Gasteiger partial charge in [0.05, 0.1) is 96.6 Å². The topological polar surface area (TPSA) is 240 Å². The molecule has 2 aliphatic rings. The largest absolute Gasteiger partial charge is 0.490 e. The molecule has 0 radical (unpaired) electrons. The molecule has 8 aromatic rings. The molecule has 0 atom stereocenters. The van der Waals surface area contributed by atoms with Crippen LogP contribution in [0.5, 0.6) is 11.5 Å². The highest BCUT2D eigenvalue weighted by atomic mass is 16.6. The zero-order valence-electron chi connectivity index (χ0n) is 40.4. The Kier molecular flexibility index (Phi) is 15.8. The lowest BCUT2D eigenvalue weighted by molar-refractivity contribution is -0.144. The zero-order valence-corrected chi connectivity index (χ0v) is 40.4. The summed E-state index contributed by atoms with van der Waals surface area (Å²) >= 11 is 0. The molecule has 0 amide bonds. The Hall–Kier alpha value is -7.79. The second kappa shape index (κ2) is 23.6. The van der Waals surface area contributed by atoms with Crippen LogP contribution in [0, 0.1) is 0 Å². The number of benzene rings is 4. The van der Waals surface area contributed by atoms with Crippen LogP contribution in [0.25, 0.3) is 89.7 Å². The first-order valence-corrected chi connectivity index (χ1v) is 24.0. The lowest BCUT2D eigenvalue weighted by atomic mass is 10.1. The van der Waals surface area contributed by atoms with Crippen molar-refractivity contribution in [1.29, 1.82) is 0 Å². The van der Waals surface area contributed by atoms with Crippen molar-refractivity contribution >= 4 is 50.1 Å². The van der Waals surface area contributed by atoms with Crippen molar-refractivity contribution in [2.24, 2.45) is 0 Å². The van der Waals surface area contributed by atoms with Gasteiger partial charge < -0.3 is 52.6 Å². The number of aromatic nitrogens is 11. The minimum Gasteiger partial charge on any atom is -0.490 e. The first kappa shape index (κ1) is 48.8. The van der Waals surface area contributed by atoms with Crippen molar-refractivity contribution in [3.63, 3.8) is 0 Å². The molecule has 73 heavy (non-hydrogen) atoms. The molecule has 0 saturated heterocycles. The first-order chi connectivity index (χ1) is 36.0. The van der Waals surface area contributed by atoms with Gasteiger partial charge in [0.25, 0.3) is 0 Å². The minimum absolute atomic E-state index is 0.00870. The second-order valence-electron chi connectivity index (χ2n) is 16.5. The summed E-state index contributed by atoms with van der Waals surface area (Å²) < 4.78 is 53.1. The summed E-state index contributed by atoms with van der Waals surface area (Å²) in [4.78, 5) is 49.5. The van der Waals surface area contributed by atoms with E-state index in [1.54, 1.807) is 20.2 Å². The number of rotatable bonds is 25. The Labute approximate surface area is 418 Å². The van der Waals surface area contributed by atoms with Crippen molar-refractivity contribution in [3.05, 3.63) is 96.8 Å². The van der Waals surface area contributed by atoms with Gasteiger partial charge in [0, 0.05) is 39.8 Å². The minimum atomic E-state index is -0.379. The third kappa shape index (κ3) is 11.5. The quantitative estimate of drug-likeness (QED) is 0.0447. The number of ether oxygens (including phenoxy) is 9. The monoisotopic (exact) mass is 991 g/mol. The summed E-state index contributed by atoms with van der Waals surface area (Å²) in [7, 11) is 1.64. The first-order valence-electron chi connectivity index (χ1n) is 24.0. The summed E-state index contributed by atoms with van der Waals surface area (Å²) in [6.07, 6.45) is 1.65. The fraction of sp³-hybridized carbons (Fsp3) is 0.327. The molecule has 0 aliphatic carbocycles. The van der Waals surface area contributed by atoms with Crippen LogP contribution in [0.4, 0.5) is 0 Å². The number of nitrogens with one attached hydrogen (secondary N) is 2. The summed E-state index contributed by atoms with van der Waals surface area (Å²) in [6, 6.07) is 27.5. The van der Waals surface area contributed by atoms with Crippen molar-refractivity contribution in [1.82, 2.24) is 54.9 Å². The van der Waals surface area contributed by atoms with Gasteiger partial charge >= 0.3 is 5.97 Å². The van der Waals surface area contributed by atoms with E-state index >= 15 is 0 Å². The van der Waals surface area contributed by atoms with Gasteiger partial charge in [-0.05, 0) is 19.1 Å². The molecule has 6 heterocycles. The van der Waals surface area contributed by atoms with E-state index in [9.17, 15) is 4.79 Å². The average molecular weight is 992 g/mol. The molecule has 0 unspecified atom stereocenters. The fourth-order valence-electron chi connectivity index (χ4n) is 8.27. The normalized spacial score (nSPS) is 11.8. The molecule has 0 fully saturated rings. The number of methoxy groups -OCH3 is 1. The Morgan fingerprint density at radius 1 is 0.507 bits per heavy atom. The van der Waals surface area contributed by atoms with Crippen LogP contribution in [0.1, 0.15) is 12.6 Å². The SMILES string of the molecule is CCOC(=O)Cn1cc(COCCOCCOCCOc2ccc(OCCOCCOCCOC)c3c2-c2nc-3nc3[nH]c(nc4nc(nc5[nH]c(n2)c2ccccc52)-c2ccccc2-4)c2ccccc32)nn1. The highest BCUT2D eigenvalue weighted by molar-refractivity contribution is 6.06. The Balaban J connectivity index is 0.924. The number of carbonyl (C=O) groups is 1. The number of aromatic amines is 2. The fourth-order valence-corrected chi connectivity index (χ4v) is 8.27. The second-order valence-corrected chi connectivity index (χ2v) is 16.5. The van der Waals surface area contributed by atoms with Gasteiger partial charge in [0.1, 0.15) is 59.5 Å². The van der Waals surface area contributed by atoms with Crippen LogP contribution < -0.4 is 9.47 Å². The molecule has 0 saturated carbocycles. The van der Waals surface area contributed by atoms with E-state index in [0.717, 1.165) is 32.7 Å². The van der Waals surface area contributed by atoms with E-state index in [0.29, 0.717) is 140 Å². The van der Waals surface area contributed by atoms with Crippen LogP contribution in [0.3, 0.4) is 0 Å². The number of nitrogens with zero attached hydrogens (tertiary/aromatic N) is 9. The molecule has 0 spiro atoms. The van der Waals surface area contributed by atoms with Gasteiger partial charge in [-0.3, -0.25) is 4.79 Å². The van der Waals surface area contributed by atoms with Crippen molar-refractivity contribution in [2.75, 3.05) is 93.0 Å². The Bertz CT molecular complexity index is 3380. The number of H-pyrrole nitrogens is 2. The molecule has 8 bridgehead atoms. The molecule has 4 aromatic carbocycles. The average Bonchev–Trinajstić information content (AvgIpc) is 4.24. The summed E-state index contributed by atoms with van der Waals surface area (Å²) in [5, 5.41) is 11.3. The van der Waals surface area contributed by atoms with Gasteiger partial charge in [-0.15, -0.1) is 5.10 Å². The van der Waals surface area contributed by atoms with Crippen LogP contribution in [0.2, 0.25) is 0 Å². The predicted molar refractivity (Wildman–Crippen MR) is 269 cm³/mol. The van der Waals surface area contributed by atoms with E-state index in [2.05, 4.69) is 20.3 Å². The third-order valence-electron chi connectivity index (χ3n) is 11.6. The smallest absolute Gasteiger partial charge is 0.327 e. The maximum absolute atomic E-state index is 11.7. The van der Waals surface area contributed by atoms with Gasteiger partial charge in [-0.2, -0.15) is 0 Å². The molecule has 4 aromatic heterocycles. The number of esters is 1. The number of carbonyl (C=O) groups excluding carboxylic acids is 1. The predicted octanol–water partition coefficient (Wildman–Crippen LogP) is 6.71. The third-order valence-corrected chi connectivity index (χ3v) is 11.6. The highest BCUT2D eigenvalue weighted by Crippen LogP contribution is 2.46. The molecular weight excluding hydrogens is 939 g/mol. The molecule has 2 aliphatic heterocycles. The molecule has 21 heteroatoms. The van der Waals surface area contributed by atoms with Crippen molar-refractivity contribution < 1.29 is 47.4 Å². The molecular formula is C52H53N11O10. The number of hydrogen-bond acceptors (Lipinski definition) is 18. The van der Waals surface area contributed by atoms with Crippen LogP contribution in [0.15, 0.2) is 91.1 Å². The van der Waals surface area contributed by atoms with Gasteiger partial charge in [-0.25, -0.2) is 34.6 Å². The van der Waals surface area contributed by atoms with Gasteiger partial charge in [0.2, 0.25) is 0 Å². The maximum atomic E-state index is 11.7.